The van der Waals surface area contributed by atoms with Crippen molar-refractivity contribution in [3.05, 3.63) is 132 Å². The van der Waals surface area contributed by atoms with E-state index in [4.69, 9.17) is 19.8 Å². The van der Waals surface area contributed by atoms with E-state index < -0.39 is 0 Å². The number of carbonyl (C=O) groups is 1. The lowest BCUT2D eigenvalue weighted by Crippen LogP contribution is -2.46. The van der Waals surface area contributed by atoms with E-state index in [1.807, 2.05) is 78.3 Å². The van der Waals surface area contributed by atoms with Gasteiger partial charge in [0.25, 0.3) is 0 Å². The maximum Gasteiger partial charge on any atom is 0.338 e. The predicted octanol–water partition coefficient (Wildman–Crippen LogP) is 7.15. The Hall–Kier alpha value is -5.50. The molecule has 0 bridgehead atoms. The Morgan fingerprint density at radius 1 is 0.857 bits per heavy atom. The van der Waals surface area contributed by atoms with Crippen LogP contribution in [0.1, 0.15) is 40.1 Å². The summed E-state index contributed by atoms with van der Waals surface area (Å²) in [6.07, 6.45) is 0. The molecule has 206 valence electrons. The molecule has 2 aliphatic heterocycles. The van der Waals surface area contributed by atoms with Crippen molar-refractivity contribution in [3.8, 4) is 5.69 Å². The van der Waals surface area contributed by atoms with Gasteiger partial charge < -0.3 is 15.0 Å². The molecule has 8 heteroatoms. The summed E-state index contributed by atoms with van der Waals surface area (Å²) in [7, 11) is 0. The Bertz CT molecular complexity index is 1840. The van der Waals surface area contributed by atoms with Crippen molar-refractivity contribution in [1.29, 1.82) is 0 Å². The van der Waals surface area contributed by atoms with Gasteiger partial charge in [-0.3, -0.25) is 0 Å². The third kappa shape index (κ3) is 4.34. The van der Waals surface area contributed by atoms with Crippen LogP contribution in [0.15, 0.2) is 119 Å². The number of hydrogen-bond donors (Lipinski definition) is 1. The summed E-state index contributed by atoms with van der Waals surface area (Å²) >= 11 is 0. The Kier molecular flexibility index (Phi) is 6.35. The number of fused-ring (bicyclic) bond motifs is 4. The second-order valence-electron chi connectivity index (χ2n) is 10.1. The number of nitrogens with zero attached hydrogens (tertiary/aromatic N) is 5. The number of carbonyl (C=O) groups excluding carboxylic acids is 1. The van der Waals surface area contributed by atoms with Crippen LogP contribution < -0.4 is 10.2 Å². The summed E-state index contributed by atoms with van der Waals surface area (Å²) < 4.78 is 7.06. The Balaban J connectivity index is 1.41. The van der Waals surface area contributed by atoms with E-state index in [0.717, 1.165) is 45.4 Å². The minimum Gasteiger partial charge on any atom is -0.462 e. The first-order valence-electron chi connectivity index (χ1n) is 13.9. The molecule has 0 radical (unpaired) electrons. The molecule has 0 spiro atoms. The van der Waals surface area contributed by atoms with Gasteiger partial charge in [0.15, 0.2) is 17.5 Å². The van der Waals surface area contributed by atoms with Crippen LogP contribution in [0.3, 0.4) is 0 Å². The topological polar surface area (TPSA) is 84.1 Å². The highest BCUT2D eigenvalue weighted by Gasteiger charge is 2.41. The van der Waals surface area contributed by atoms with E-state index in [2.05, 4.69) is 40.5 Å². The fourth-order valence-electron chi connectivity index (χ4n) is 5.54. The Morgan fingerprint density at radius 2 is 1.55 bits per heavy atom. The van der Waals surface area contributed by atoms with Crippen LogP contribution in [0.4, 0.5) is 22.9 Å². The number of benzene rings is 4. The normalized spacial score (nSPS) is 15.1. The lowest BCUT2D eigenvalue weighted by molar-refractivity contribution is 0.0526. The highest BCUT2D eigenvalue weighted by Crippen LogP contribution is 2.48. The number of rotatable bonds is 5. The third-order valence-corrected chi connectivity index (χ3v) is 7.41. The van der Waals surface area contributed by atoms with Crippen molar-refractivity contribution in [3.63, 3.8) is 0 Å². The molecule has 2 aliphatic rings. The predicted molar refractivity (Wildman–Crippen MR) is 166 cm³/mol. The van der Waals surface area contributed by atoms with Gasteiger partial charge >= 0.3 is 5.97 Å². The summed E-state index contributed by atoms with van der Waals surface area (Å²) in [6.45, 7) is 4.17. The molecular formula is C34H28N6O2. The van der Waals surface area contributed by atoms with Crippen LogP contribution in [-0.4, -0.2) is 34.0 Å². The Labute approximate surface area is 243 Å². The van der Waals surface area contributed by atoms with E-state index in [9.17, 15) is 4.79 Å². The number of anilines is 2. The van der Waals surface area contributed by atoms with Crippen LogP contribution in [0, 0.1) is 6.92 Å². The fraction of sp³-hybridized carbons (Fsp3) is 0.118. The molecule has 1 N–H and O–H groups in total. The zero-order chi connectivity index (χ0) is 28.6. The second kappa shape index (κ2) is 10.5. The maximum atomic E-state index is 12.2. The van der Waals surface area contributed by atoms with Gasteiger partial charge in [0.05, 0.1) is 41.0 Å². The number of hydrogen-bond acceptors (Lipinski definition) is 7. The number of aryl methyl sites for hydroxylation is 1. The van der Waals surface area contributed by atoms with Crippen molar-refractivity contribution in [2.24, 2.45) is 9.98 Å². The maximum absolute atomic E-state index is 12.2. The third-order valence-electron chi connectivity index (χ3n) is 7.41. The van der Waals surface area contributed by atoms with E-state index in [1.54, 1.807) is 19.1 Å². The monoisotopic (exact) mass is 552 g/mol. The molecule has 0 unspecified atom stereocenters. The highest BCUT2D eigenvalue weighted by molar-refractivity contribution is 6.51. The van der Waals surface area contributed by atoms with Crippen molar-refractivity contribution in [2.75, 3.05) is 16.8 Å². The molecule has 8 nitrogen and oxygen atoms in total. The minimum absolute atomic E-state index is 0.189. The zero-order valence-corrected chi connectivity index (χ0v) is 23.2. The lowest BCUT2D eigenvalue weighted by atomic mass is 9.93. The van der Waals surface area contributed by atoms with Gasteiger partial charge in [0.2, 0.25) is 0 Å². The van der Waals surface area contributed by atoms with E-state index in [1.165, 1.54) is 0 Å². The first-order chi connectivity index (χ1) is 20.6. The molecule has 7 rings (SSSR count). The van der Waals surface area contributed by atoms with Gasteiger partial charge in [-0.05, 0) is 67.9 Å². The number of aliphatic imine (C=N–C) groups is 2. The summed E-state index contributed by atoms with van der Waals surface area (Å²) in [5.41, 5.74) is 7.08. The average Bonchev–Trinajstić information content (AvgIpc) is 3.37. The van der Waals surface area contributed by atoms with Crippen molar-refractivity contribution < 1.29 is 9.53 Å². The molecule has 0 amide bonds. The standard InChI is InChI=1S/C34H28N6O2/c1-3-42-34(41)24-18-20-25(21-19-24)35-31-33-37-32-29(22(2)38-40(32)26-14-8-5-9-15-26)30(23-12-6-4-7-13-23)39(33)28-17-11-10-16-27(28)36-31/h4-21,30H,3H2,1-2H3,(H,35,36)/t30-/m1/s1. The molecular weight excluding hydrogens is 524 g/mol. The number of aromatic nitrogens is 2. The van der Waals surface area contributed by atoms with Gasteiger partial charge in [0, 0.05) is 11.3 Å². The molecule has 42 heavy (non-hydrogen) atoms. The molecule has 0 saturated heterocycles. The number of amidine groups is 2. The minimum atomic E-state index is -0.349. The van der Waals surface area contributed by atoms with Crippen LogP contribution in [-0.2, 0) is 4.74 Å². The van der Waals surface area contributed by atoms with E-state index in [0.29, 0.717) is 23.8 Å². The summed E-state index contributed by atoms with van der Waals surface area (Å²) in [5, 5.41) is 8.46. The van der Waals surface area contributed by atoms with Gasteiger partial charge in [-0.1, -0.05) is 60.7 Å². The first kappa shape index (κ1) is 25.5. The fourth-order valence-corrected chi connectivity index (χ4v) is 5.54. The van der Waals surface area contributed by atoms with Gasteiger partial charge in [-0.2, -0.15) is 5.10 Å². The molecule has 4 aromatic carbocycles. The van der Waals surface area contributed by atoms with E-state index in [-0.39, 0.29) is 12.0 Å². The molecule has 5 aromatic rings. The largest absolute Gasteiger partial charge is 0.462 e. The van der Waals surface area contributed by atoms with Crippen molar-refractivity contribution in [1.82, 2.24) is 9.78 Å². The van der Waals surface area contributed by atoms with Crippen LogP contribution >= 0.6 is 0 Å². The number of para-hydroxylation sites is 3. The summed E-state index contributed by atoms with van der Waals surface area (Å²) in [4.78, 5) is 24.8. The van der Waals surface area contributed by atoms with Crippen molar-refractivity contribution in [2.45, 2.75) is 19.9 Å². The smallest absolute Gasteiger partial charge is 0.338 e. The second-order valence-corrected chi connectivity index (χ2v) is 10.1. The molecule has 3 heterocycles. The quantitative estimate of drug-likeness (QED) is 0.234. The van der Waals surface area contributed by atoms with Gasteiger partial charge in [0.1, 0.15) is 0 Å². The van der Waals surface area contributed by atoms with Crippen LogP contribution in [0.5, 0.6) is 0 Å². The number of esters is 1. The van der Waals surface area contributed by atoms with Crippen LogP contribution in [0.25, 0.3) is 5.69 Å². The molecule has 0 saturated carbocycles. The molecule has 1 atom stereocenters. The van der Waals surface area contributed by atoms with Gasteiger partial charge in [-0.25, -0.2) is 19.5 Å². The summed E-state index contributed by atoms with van der Waals surface area (Å²) in [5.74, 6) is 1.70. The molecule has 1 aromatic heterocycles. The average molecular weight is 553 g/mol. The molecule has 0 aliphatic carbocycles. The van der Waals surface area contributed by atoms with E-state index >= 15 is 0 Å². The highest BCUT2D eigenvalue weighted by atomic mass is 16.5. The molecule has 0 fully saturated rings. The number of nitrogens with one attached hydrogen (secondary N) is 1. The van der Waals surface area contributed by atoms with Crippen molar-refractivity contribution >= 4 is 40.5 Å². The SMILES string of the molecule is CCOC(=O)c1ccc(NC2=Nc3ccccc3N3C2=Nc2c(c(C)nn2-c2ccccc2)[C@H]3c2ccccc2)cc1. The Morgan fingerprint density at radius 3 is 2.29 bits per heavy atom. The first-order valence-corrected chi connectivity index (χ1v) is 13.9. The lowest BCUT2D eigenvalue weighted by Gasteiger charge is -2.40. The zero-order valence-electron chi connectivity index (χ0n) is 23.2. The number of ether oxygens (including phenoxy) is 1. The van der Waals surface area contributed by atoms with Gasteiger partial charge in [-0.15, -0.1) is 0 Å². The summed E-state index contributed by atoms with van der Waals surface area (Å²) in [6, 6.07) is 35.6. The van der Waals surface area contributed by atoms with Crippen LogP contribution in [0.2, 0.25) is 0 Å².